The molecule has 0 fully saturated rings. The monoisotopic (exact) mass is 301 g/mol. The van der Waals surface area contributed by atoms with Gasteiger partial charge in [-0.05, 0) is 49.2 Å². The minimum absolute atomic E-state index is 0.114. The number of pyridine rings is 1. The highest BCUT2D eigenvalue weighted by molar-refractivity contribution is 5.74. The summed E-state index contributed by atoms with van der Waals surface area (Å²) < 4.78 is 13.2. The number of rotatable bonds is 5. The molecule has 0 aliphatic carbocycles. The van der Waals surface area contributed by atoms with E-state index in [1.165, 1.54) is 12.1 Å². The molecule has 0 aliphatic heterocycles. The van der Waals surface area contributed by atoms with Crippen LogP contribution < -0.4 is 5.32 Å². The summed E-state index contributed by atoms with van der Waals surface area (Å²) in [6.45, 7) is 4.74. The number of carbonyl (C=O) groups is 1. The van der Waals surface area contributed by atoms with Gasteiger partial charge in [0.25, 0.3) is 0 Å². The molecule has 4 nitrogen and oxygen atoms in total. The lowest BCUT2D eigenvalue weighted by Crippen LogP contribution is -2.40. The zero-order valence-electron chi connectivity index (χ0n) is 12.8. The van der Waals surface area contributed by atoms with Gasteiger partial charge in [0.05, 0.1) is 6.04 Å². The highest BCUT2D eigenvalue weighted by Gasteiger charge is 2.15. The van der Waals surface area contributed by atoms with Crippen molar-refractivity contribution < 1.29 is 9.18 Å². The smallest absolute Gasteiger partial charge is 0.318 e. The largest absolute Gasteiger partial charge is 0.331 e. The van der Waals surface area contributed by atoms with Gasteiger partial charge in [-0.3, -0.25) is 4.98 Å². The predicted octanol–water partition coefficient (Wildman–Crippen LogP) is 3.51. The fraction of sp³-hybridized carbons (Fsp3) is 0.294. The van der Waals surface area contributed by atoms with Crippen molar-refractivity contribution in [2.45, 2.75) is 26.4 Å². The minimum atomic E-state index is -0.292. The number of amides is 2. The Labute approximate surface area is 130 Å². The van der Waals surface area contributed by atoms with Gasteiger partial charge in [0.1, 0.15) is 5.82 Å². The van der Waals surface area contributed by atoms with Crippen LogP contribution in [0.3, 0.4) is 0 Å². The molecule has 2 aromatic rings. The van der Waals surface area contributed by atoms with Crippen molar-refractivity contribution in [3.8, 4) is 0 Å². The zero-order chi connectivity index (χ0) is 15.9. The molecular formula is C17H20FN3O. The van der Waals surface area contributed by atoms with Crippen LogP contribution in [-0.4, -0.2) is 22.5 Å². The van der Waals surface area contributed by atoms with E-state index < -0.39 is 0 Å². The van der Waals surface area contributed by atoms with Crippen LogP contribution in [0.25, 0.3) is 0 Å². The van der Waals surface area contributed by atoms with Gasteiger partial charge in [-0.1, -0.05) is 12.1 Å². The van der Waals surface area contributed by atoms with Crippen molar-refractivity contribution in [3.63, 3.8) is 0 Å². The first kappa shape index (κ1) is 15.9. The SMILES string of the molecule is CCN(Cc1cccc(F)c1)C(=O)NC(C)c1ccncc1. The van der Waals surface area contributed by atoms with Crippen LogP contribution in [0.5, 0.6) is 0 Å². The third-order valence-electron chi connectivity index (χ3n) is 3.48. The van der Waals surface area contributed by atoms with Gasteiger partial charge in [0, 0.05) is 25.5 Å². The molecule has 1 N–H and O–H groups in total. The first-order valence-corrected chi connectivity index (χ1v) is 7.30. The fourth-order valence-corrected chi connectivity index (χ4v) is 2.19. The Morgan fingerprint density at radius 2 is 2.05 bits per heavy atom. The molecule has 22 heavy (non-hydrogen) atoms. The molecule has 5 heteroatoms. The fourth-order valence-electron chi connectivity index (χ4n) is 2.19. The van der Waals surface area contributed by atoms with Crippen LogP contribution in [0.1, 0.15) is 31.0 Å². The van der Waals surface area contributed by atoms with E-state index in [-0.39, 0.29) is 17.9 Å². The number of aromatic nitrogens is 1. The summed E-state index contributed by atoms with van der Waals surface area (Å²) >= 11 is 0. The van der Waals surface area contributed by atoms with E-state index in [2.05, 4.69) is 10.3 Å². The molecular weight excluding hydrogens is 281 g/mol. The summed E-state index contributed by atoms with van der Waals surface area (Å²) in [5.74, 6) is -0.292. The lowest BCUT2D eigenvalue weighted by atomic mass is 10.1. The van der Waals surface area contributed by atoms with Gasteiger partial charge in [0.2, 0.25) is 0 Å². The van der Waals surface area contributed by atoms with E-state index in [0.29, 0.717) is 13.1 Å². The molecule has 0 bridgehead atoms. The zero-order valence-corrected chi connectivity index (χ0v) is 12.8. The molecule has 0 saturated heterocycles. The lowest BCUT2D eigenvalue weighted by Gasteiger charge is -2.24. The molecule has 116 valence electrons. The number of nitrogens with zero attached hydrogens (tertiary/aromatic N) is 2. The van der Waals surface area contributed by atoms with Gasteiger partial charge in [-0.2, -0.15) is 0 Å². The highest BCUT2D eigenvalue weighted by atomic mass is 19.1. The standard InChI is InChI=1S/C17H20FN3O/c1-3-21(12-14-5-4-6-16(18)11-14)17(22)20-13(2)15-7-9-19-10-8-15/h4-11,13H,3,12H2,1-2H3,(H,20,22). The summed E-state index contributed by atoms with van der Waals surface area (Å²) in [5.41, 5.74) is 1.76. The van der Waals surface area contributed by atoms with Crippen molar-refractivity contribution in [2.24, 2.45) is 0 Å². The number of hydrogen-bond donors (Lipinski definition) is 1. The molecule has 1 atom stereocenters. The molecule has 2 rings (SSSR count). The van der Waals surface area contributed by atoms with Crippen molar-refractivity contribution >= 4 is 6.03 Å². The molecule has 1 aromatic heterocycles. The third kappa shape index (κ3) is 4.28. The highest BCUT2D eigenvalue weighted by Crippen LogP contribution is 2.12. The maximum Gasteiger partial charge on any atom is 0.318 e. The van der Waals surface area contributed by atoms with Gasteiger partial charge in [0.15, 0.2) is 0 Å². The Kier molecular flexibility index (Phi) is 5.47. The Balaban J connectivity index is 2.00. The summed E-state index contributed by atoms with van der Waals surface area (Å²) in [7, 11) is 0. The maximum absolute atomic E-state index is 13.2. The first-order chi connectivity index (χ1) is 10.6. The molecule has 1 aromatic carbocycles. The number of hydrogen-bond acceptors (Lipinski definition) is 2. The molecule has 1 unspecified atom stereocenters. The van der Waals surface area contributed by atoms with Crippen molar-refractivity contribution in [1.82, 2.24) is 15.2 Å². The maximum atomic E-state index is 13.2. The first-order valence-electron chi connectivity index (χ1n) is 7.30. The average molecular weight is 301 g/mol. The normalized spacial score (nSPS) is 11.8. The Hall–Kier alpha value is -2.43. The number of benzene rings is 1. The predicted molar refractivity (Wildman–Crippen MR) is 83.7 cm³/mol. The Morgan fingerprint density at radius 1 is 1.32 bits per heavy atom. The molecule has 0 aliphatic rings. The molecule has 0 spiro atoms. The topological polar surface area (TPSA) is 45.2 Å². The number of halogens is 1. The van der Waals surface area contributed by atoms with Crippen LogP contribution in [0.15, 0.2) is 48.8 Å². The van der Waals surface area contributed by atoms with E-state index in [1.807, 2.05) is 32.0 Å². The van der Waals surface area contributed by atoms with E-state index in [9.17, 15) is 9.18 Å². The van der Waals surface area contributed by atoms with E-state index in [4.69, 9.17) is 0 Å². The summed E-state index contributed by atoms with van der Waals surface area (Å²) in [4.78, 5) is 18.0. The summed E-state index contributed by atoms with van der Waals surface area (Å²) in [5, 5.41) is 2.95. The van der Waals surface area contributed by atoms with Gasteiger partial charge in [-0.25, -0.2) is 9.18 Å². The quantitative estimate of drug-likeness (QED) is 0.918. The lowest BCUT2D eigenvalue weighted by molar-refractivity contribution is 0.194. The van der Waals surface area contributed by atoms with Crippen molar-refractivity contribution in [2.75, 3.05) is 6.54 Å². The Morgan fingerprint density at radius 3 is 2.68 bits per heavy atom. The summed E-state index contributed by atoms with van der Waals surface area (Å²) in [6.07, 6.45) is 3.39. The van der Waals surface area contributed by atoms with Crippen LogP contribution >= 0.6 is 0 Å². The number of carbonyl (C=O) groups excluding carboxylic acids is 1. The molecule has 2 amide bonds. The van der Waals surface area contributed by atoms with Gasteiger partial charge < -0.3 is 10.2 Å². The summed E-state index contributed by atoms with van der Waals surface area (Å²) in [6, 6.07) is 9.75. The van der Waals surface area contributed by atoms with Crippen LogP contribution in [-0.2, 0) is 6.54 Å². The average Bonchev–Trinajstić information content (AvgIpc) is 2.53. The second-order valence-electron chi connectivity index (χ2n) is 5.10. The minimum Gasteiger partial charge on any atom is -0.331 e. The van der Waals surface area contributed by atoms with E-state index in [0.717, 1.165) is 11.1 Å². The third-order valence-corrected chi connectivity index (χ3v) is 3.48. The number of nitrogens with one attached hydrogen (secondary N) is 1. The second-order valence-corrected chi connectivity index (χ2v) is 5.10. The number of urea groups is 1. The van der Waals surface area contributed by atoms with Crippen LogP contribution in [0.4, 0.5) is 9.18 Å². The van der Waals surface area contributed by atoms with Gasteiger partial charge >= 0.3 is 6.03 Å². The van der Waals surface area contributed by atoms with Crippen molar-refractivity contribution in [1.29, 1.82) is 0 Å². The Bertz CT molecular complexity index is 618. The molecule has 1 heterocycles. The van der Waals surface area contributed by atoms with E-state index in [1.54, 1.807) is 23.4 Å². The van der Waals surface area contributed by atoms with Crippen LogP contribution in [0, 0.1) is 5.82 Å². The van der Waals surface area contributed by atoms with Crippen LogP contribution in [0.2, 0.25) is 0 Å². The second kappa shape index (κ2) is 7.54. The van der Waals surface area contributed by atoms with Gasteiger partial charge in [-0.15, -0.1) is 0 Å². The molecule has 0 radical (unpaired) electrons. The molecule has 0 saturated carbocycles. The van der Waals surface area contributed by atoms with Crippen molar-refractivity contribution in [3.05, 3.63) is 65.7 Å². The van der Waals surface area contributed by atoms with E-state index >= 15 is 0 Å².